The molecule has 9 heteroatoms. The molecule has 0 unspecified atom stereocenters. The number of carbonyl (C=O) groups is 1. The summed E-state index contributed by atoms with van der Waals surface area (Å²) in [6.07, 6.45) is 1.96. The summed E-state index contributed by atoms with van der Waals surface area (Å²) < 4.78 is 18.1. The van der Waals surface area contributed by atoms with Crippen LogP contribution >= 0.6 is 11.8 Å². The molecule has 1 atom stereocenters. The number of benzene rings is 1. The minimum absolute atomic E-state index is 0.0261. The summed E-state index contributed by atoms with van der Waals surface area (Å²) >= 11 is 1.24. The Labute approximate surface area is 153 Å². The standard InChI is InChI=1S/C17H19N3O5S/c21-13(11-3-4-14-15(8-11)25-7-6-24-14)10-26-17-19-18-16(22)20(17)9-12-2-1-5-23-12/h3-4,8,12H,1-2,5-7,9-10H2,(H,18,22)/t12-/m0/s1. The van der Waals surface area contributed by atoms with E-state index in [1.165, 1.54) is 16.3 Å². The lowest BCUT2D eigenvalue weighted by Gasteiger charge is -2.18. The number of H-pyrrole nitrogens is 1. The molecule has 0 bridgehead atoms. The lowest BCUT2D eigenvalue weighted by Crippen LogP contribution is -2.25. The molecular formula is C17H19N3O5S. The predicted octanol–water partition coefficient (Wildman–Crippen LogP) is 1.50. The number of hydrogen-bond acceptors (Lipinski definition) is 7. The van der Waals surface area contributed by atoms with Gasteiger partial charge in [0.25, 0.3) is 0 Å². The van der Waals surface area contributed by atoms with Crippen LogP contribution in [0.25, 0.3) is 0 Å². The lowest BCUT2D eigenvalue weighted by molar-refractivity contribution is 0.0941. The Kier molecular flexibility index (Phi) is 4.98. The fourth-order valence-corrected chi connectivity index (χ4v) is 3.85. The minimum Gasteiger partial charge on any atom is -0.486 e. The highest BCUT2D eigenvalue weighted by Crippen LogP contribution is 2.31. The maximum atomic E-state index is 12.5. The quantitative estimate of drug-likeness (QED) is 0.602. The number of aromatic nitrogens is 3. The number of Topliss-reactive ketones (excluding diaryl/α,β-unsaturated/α-hetero) is 1. The van der Waals surface area contributed by atoms with Gasteiger partial charge in [0, 0.05) is 12.2 Å². The molecule has 2 aromatic rings. The molecule has 1 fully saturated rings. The zero-order chi connectivity index (χ0) is 17.9. The van der Waals surface area contributed by atoms with E-state index in [4.69, 9.17) is 14.2 Å². The highest BCUT2D eigenvalue weighted by Gasteiger charge is 2.21. The summed E-state index contributed by atoms with van der Waals surface area (Å²) in [5, 5.41) is 6.98. The van der Waals surface area contributed by atoms with Crippen LogP contribution in [0.15, 0.2) is 28.2 Å². The first-order valence-corrected chi connectivity index (χ1v) is 9.52. The topological polar surface area (TPSA) is 95.4 Å². The summed E-state index contributed by atoms with van der Waals surface area (Å²) in [6.45, 7) is 2.16. The first kappa shape index (κ1) is 17.2. The van der Waals surface area contributed by atoms with Crippen LogP contribution in [0.3, 0.4) is 0 Å². The van der Waals surface area contributed by atoms with Crippen LogP contribution < -0.4 is 15.2 Å². The van der Waals surface area contributed by atoms with Crippen molar-refractivity contribution in [2.24, 2.45) is 0 Å². The van der Waals surface area contributed by atoms with Crippen LogP contribution in [-0.4, -0.2) is 52.2 Å². The number of nitrogens with zero attached hydrogens (tertiary/aromatic N) is 2. The van der Waals surface area contributed by atoms with E-state index in [-0.39, 0.29) is 23.3 Å². The molecule has 8 nitrogen and oxygen atoms in total. The van der Waals surface area contributed by atoms with Gasteiger partial charge in [0.15, 0.2) is 22.4 Å². The Balaban J connectivity index is 1.42. The van der Waals surface area contributed by atoms with Gasteiger partial charge in [0.1, 0.15) is 13.2 Å². The van der Waals surface area contributed by atoms with Crippen LogP contribution in [0.5, 0.6) is 11.5 Å². The first-order valence-electron chi connectivity index (χ1n) is 8.53. The number of ether oxygens (including phenoxy) is 3. The second-order valence-electron chi connectivity index (χ2n) is 6.13. The van der Waals surface area contributed by atoms with Crippen molar-refractivity contribution in [2.75, 3.05) is 25.6 Å². The Morgan fingerprint density at radius 1 is 1.27 bits per heavy atom. The van der Waals surface area contributed by atoms with E-state index >= 15 is 0 Å². The number of ketones is 1. The second-order valence-corrected chi connectivity index (χ2v) is 7.07. The number of nitrogens with one attached hydrogen (secondary N) is 1. The van der Waals surface area contributed by atoms with Crippen molar-refractivity contribution in [3.8, 4) is 11.5 Å². The third kappa shape index (κ3) is 3.63. The molecule has 4 rings (SSSR count). The van der Waals surface area contributed by atoms with Gasteiger partial charge in [-0.3, -0.25) is 9.36 Å². The van der Waals surface area contributed by atoms with E-state index in [1.807, 2.05) is 0 Å². The normalized spacial score (nSPS) is 18.8. The van der Waals surface area contributed by atoms with Crippen molar-refractivity contribution in [1.29, 1.82) is 0 Å². The van der Waals surface area contributed by atoms with Crippen LogP contribution in [0.2, 0.25) is 0 Å². The molecular weight excluding hydrogens is 358 g/mol. The van der Waals surface area contributed by atoms with Gasteiger partial charge in [-0.15, -0.1) is 5.10 Å². The van der Waals surface area contributed by atoms with Gasteiger partial charge in [-0.05, 0) is 31.0 Å². The second kappa shape index (κ2) is 7.55. The van der Waals surface area contributed by atoms with E-state index in [1.54, 1.807) is 18.2 Å². The van der Waals surface area contributed by atoms with Crippen molar-refractivity contribution < 1.29 is 19.0 Å². The monoisotopic (exact) mass is 377 g/mol. The summed E-state index contributed by atoms with van der Waals surface area (Å²) in [5.74, 6) is 1.35. The molecule has 0 spiro atoms. The summed E-state index contributed by atoms with van der Waals surface area (Å²) in [4.78, 5) is 24.5. The average Bonchev–Trinajstić information content (AvgIpc) is 3.30. The number of rotatable bonds is 6. The SMILES string of the molecule is O=C(CSc1n[nH]c(=O)n1C[C@@H]1CCCO1)c1ccc2c(c1)OCCO2. The number of aromatic amines is 1. The molecule has 0 amide bonds. The van der Waals surface area contributed by atoms with E-state index < -0.39 is 0 Å². The van der Waals surface area contributed by atoms with Crippen molar-refractivity contribution in [1.82, 2.24) is 14.8 Å². The van der Waals surface area contributed by atoms with Crippen LogP contribution in [0.4, 0.5) is 0 Å². The van der Waals surface area contributed by atoms with Crippen molar-refractivity contribution in [3.05, 3.63) is 34.2 Å². The third-order valence-electron chi connectivity index (χ3n) is 4.33. The Morgan fingerprint density at radius 3 is 2.92 bits per heavy atom. The smallest absolute Gasteiger partial charge is 0.344 e. The number of hydrogen-bond donors (Lipinski definition) is 1. The fourth-order valence-electron chi connectivity index (χ4n) is 3.00. The highest BCUT2D eigenvalue weighted by molar-refractivity contribution is 7.99. The molecule has 0 radical (unpaired) electrons. The maximum absolute atomic E-state index is 12.5. The molecule has 0 aliphatic carbocycles. The Morgan fingerprint density at radius 2 is 2.12 bits per heavy atom. The van der Waals surface area contributed by atoms with Gasteiger partial charge in [0.05, 0.1) is 18.4 Å². The summed E-state index contributed by atoms with van der Waals surface area (Å²) in [7, 11) is 0. The van der Waals surface area contributed by atoms with E-state index in [9.17, 15) is 9.59 Å². The summed E-state index contributed by atoms with van der Waals surface area (Å²) in [6, 6.07) is 5.16. The molecule has 138 valence electrons. The van der Waals surface area contributed by atoms with Crippen molar-refractivity contribution in [2.45, 2.75) is 30.6 Å². The number of fused-ring (bicyclic) bond motifs is 1. The van der Waals surface area contributed by atoms with E-state index in [0.717, 1.165) is 19.4 Å². The number of carbonyl (C=O) groups excluding carboxylic acids is 1. The lowest BCUT2D eigenvalue weighted by atomic mass is 10.1. The average molecular weight is 377 g/mol. The van der Waals surface area contributed by atoms with Crippen LogP contribution in [0.1, 0.15) is 23.2 Å². The zero-order valence-corrected chi connectivity index (χ0v) is 14.9. The van der Waals surface area contributed by atoms with Crippen LogP contribution in [-0.2, 0) is 11.3 Å². The van der Waals surface area contributed by atoms with Gasteiger partial charge >= 0.3 is 5.69 Å². The van der Waals surface area contributed by atoms with Crippen molar-refractivity contribution in [3.63, 3.8) is 0 Å². The van der Waals surface area contributed by atoms with Gasteiger partial charge < -0.3 is 14.2 Å². The fraction of sp³-hybridized carbons (Fsp3) is 0.471. The molecule has 26 heavy (non-hydrogen) atoms. The van der Waals surface area contributed by atoms with E-state index in [0.29, 0.717) is 42.0 Å². The number of thioether (sulfide) groups is 1. The van der Waals surface area contributed by atoms with E-state index in [2.05, 4.69) is 10.2 Å². The Hall–Kier alpha value is -2.26. The first-order chi connectivity index (χ1) is 12.7. The Bertz CT molecular complexity index is 856. The molecule has 2 aliphatic heterocycles. The minimum atomic E-state index is -0.283. The van der Waals surface area contributed by atoms with Gasteiger partial charge in [-0.1, -0.05) is 11.8 Å². The molecule has 0 saturated carbocycles. The zero-order valence-electron chi connectivity index (χ0n) is 14.1. The summed E-state index contributed by atoms with van der Waals surface area (Å²) in [5.41, 5.74) is 0.264. The van der Waals surface area contributed by atoms with Gasteiger partial charge in [-0.25, -0.2) is 9.89 Å². The molecule has 1 aromatic carbocycles. The molecule has 1 N–H and O–H groups in total. The van der Waals surface area contributed by atoms with Gasteiger partial charge in [0.2, 0.25) is 0 Å². The van der Waals surface area contributed by atoms with Crippen LogP contribution in [0, 0.1) is 0 Å². The van der Waals surface area contributed by atoms with Gasteiger partial charge in [-0.2, -0.15) is 0 Å². The molecule has 3 heterocycles. The largest absolute Gasteiger partial charge is 0.486 e. The molecule has 1 aromatic heterocycles. The molecule has 2 aliphatic rings. The highest BCUT2D eigenvalue weighted by atomic mass is 32.2. The maximum Gasteiger partial charge on any atom is 0.344 e. The molecule has 1 saturated heterocycles. The predicted molar refractivity (Wildman–Crippen MR) is 94.3 cm³/mol. The third-order valence-corrected chi connectivity index (χ3v) is 5.31. The van der Waals surface area contributed by atoms with Crippen molar-refractivity contribution >= 4 is 17.5 Å².